The van der Waals surface area contributed by atoms with Gasteiger partial charge in [-0.05, 0) is 117 Å². The Labute approximate surface area is 369 Å². The summed E-state index contributed by atoms with van der Waals surface area (Å²) >= 11 is 0. The molecule has 63 heavy (non-hydrogen) atoms. The maximum absolute atomic E-state index is 5.87. The van der Waals surface area contributed by atoms with Gasteiger partial charge in [-0.3, -0.25) is 0 Å². The average Bonchev–Trinajstić information content (AvgIpc) is 3.79. The predicted molar refractivity (Wildman–Crippen MR) is 267 cm³/mol. The monoisotopic (exact) mass is 809 g/mol. The first-order valence-electron chi connectivity index (χ1n) is 21.8. The molecule has 0 atom stereocenters. The van der Waals surface area contributed by atoms with Crippen molar-refractivity contribution < 1.29 is 4.42 Å². The number of furan rings is 1. The molecule has 0 bridgehead atoms. The standard InChI is InChI=1S/C58H44BN3O/c1-58(2,3)44-34-55-57-56(35-44)62(46-22-11-6-12-23-46)54-36-48(30-31-50(54)59(57)51-32-42-37-63-38-43(42)33-53(51)61(55)45-20-9-5-10-21-45)60(52-25-15-19-41-18-13-14-24-49(41)52)47-28-26-40(27-29-47)39-16-7-4-8-17-39/h4-38H,1-3H3. The summed E-state index contributed by atoms with van der Waals surface area (Å²) in [5, 5.41) is 4.59. The van der Waals surface area contributed by atoms with E-state index in [0.29, 0.717) is 0 Å². The van der Waals surface area contributed by atoms with Crippen molar-refractivity contribution in [3.63, 3.8) is 0 Å². The van der Waals surface area contributed by atoms with Gasteiger partial charge in [0, 0.05) is 61.7 Å². The molecule has 2 aliphatic heterocycles. The molecule has 1 aromatic heterocycles. The number of para-hydroxylation sites is 2. The van der Waals surface area contributed by atoms with E-state index < -0.39 is 0 Å². The lowest BCUT2D eigenvalue weighted by molar-refractivity contribution is 0.572. The maximum atomic E-state index is 5.87. The summed E-state index contributed by atoms with van der Waals surface area (Å²) in [6.07, 6.45) is 3.76. The highest BCUT2D eigenvalue weighted by Crippen LogP contribution is 2.48. The van der Waals surface area contributed by atoms with Gasteiger partial charge in [0.15, 0.2) is 0 Å². The predicted octanol–water partition coefficient (Wildman–Crippen LogP) is 14.1. The number of benzene rings is 9. The molecule has 4 nitrogen and oxygen atoms in total. The molecule has 5 heteroatoms. The number of nitrogens with zero attached hydrogens (tertiary/aromatic N) is 3. The third kappa shape index (κ3) is 6.07. The molecule has 0 saturated carbocycles. The van der Waals surface area contributed by atoms with Crippen LogP contribution in [-0.4, -0.2) is 6.71 Å². The molecular weight excluding hydrogens is 765 g/mol. The van der Waals surface area contributed by atoms with Gasteiger partial charge in [0.2, 0.25) is 0 Å². The molecule has 9 aromatic carbocycles. The third-order valence-electron chi connectivity index (χ3n) is 13.0. The van der Waals surface area contributed by atoms with E-state index in [2.05, 4.69) is 236 Å². The van der Waals surface area contributed by atoms with E-state index >= 15 is 0 Å². The fourth-order valence-corrected chi connectivity index (χ4v) is 9.99. The molecule has 0 radical (unpaired) electrons. The van der Waals surface area contributed by atoms with Crippen molar-refractivity contribution in [1.29, 1.82) is 0 Å². The zero-order valence-electron chi connectivity index (χ0n) is 35.5. The van der Waals surface area contributed by atoms with E-state index in [9.17, 15) is 0 Å². The van der Waals surface area contributed by atoms with Crippen LogP contribution in [0, 0.1) is 0 Å². The summed E-state index contributed by atoms with van der Waals surface area (Å²) < 4.78 is 5.87. The van der Waals surface area contributed by atoms with Crippen LogP contribution in [0.15, 0.2) is 217 Å². The van der Waals surface area contributed by atoms with Gasteiger partial charge < -0.3 is 19.1 Å². The summed E-state index contributed by atoms with van der Waals surface area (Å²) in [5.74, 6) is 0. The molecule has 0 N–H and O–H groups in total. The molecule has 0 unspecified atom stereocenters. The minimum Gasteiger partial charge on any atom is -0.471 e. The van der Waals surface area contributed by atoms with Gasteiger partial charge in [-0.1, -0.05) is 148 Å². The Morgan fingerprint density at radius 3 is 1.67 bits per heavy atom. The Morgan fingerprint density at radius 2 is 1.00 bits per heavy atom. The smallest absolute Gasteiger partial charge is 0.252 e. The first kappa shape index (κ1) is 37.0. The van der Waals surface area contributed by atoms with Crippen molar-refractivity contribution in [3.05, 3.63) is 218 Å². The van der Waals surface area contributed by atoms with Crippen molar-refractivity contribution in [2.75, 3.05) is 14.7 Å². The van der Waals surface area contributed by atoms with Crippen molar-refractivity contribution >= 4 is 95.8 Å². The van der Waals surface area contributed by atoms with E-state index in [0.717, 1.165) is 44.9 Å². The maximum Gasteiger partial charge on any atom is 0.252 e. The van der Waals surface area contributed by atoms with E-state index in [-0.39, 0.29) is 12.1 Å². The number of hydrogen-bond donors (Lipinski definition) is 0. The van der Waals surface area contributed by atoms with Crippen LogP contribution in [0.1, 0.15) is 26.3 Å². The van der Waals surface area contributed by atoms with Crippen LogP contribution in [0.5, 0.6) is 0 Å². The highest BCUT2D eigenvalue weighted by atomic mass is 16.3. The zero-order chi connectivity index (χ0) is 42.2. The number of anilines is 9. The summed E-state index contributed by atoms with van der Waals surface area (Å²) in [5.41, 5.74) is 17.6. The molecule has 300 valence electrons. The molecule has 3 heterocycles. The molecule has 0 fully saturated rings. The van der Waals surface area contributed by atoms with Crippen LogP contribution in [0.25, 0.3) is 32.7 Å². The molecular formula is C58H44BN3O. The number of rotatable bonds is 6. The highest BCUT2D eigenvalue weighted by molar-refractivity contribution is 7.00. The number of hydrogen-bond acceptors (Lipinski definition) is 4. The molecule has 0 aliphatic carbocycles. The van der Waals surface area contributed by atoms with Crippen molar-refractivity contribution in [2.45, 2.75) is 26.2 Å². The topological polar surface area (TPSA) is 22.9 Å². The molecule has 12 rings (SSSR count). The van der Waals surface area contributed by atoms with Crippen LogP contribution in [0.4, 0.5) is 51.2 Å². The van der Waals surface area contributed by atoms with Crippen LogP contribution in [0.3, 0.4) is 0 Å². The molecule has 0 spiro atoms. The Hall–Kier alpha value is -7.76. The summed E-state index contributed by atoms with van der Waals surface area (Å²) in [6.45, 7) is 6.93. The zero-order valence-corrected chi connectivity index (χ0v) is 35.5. The quantitative estimate of drug-likeness (QED) is 0.156. The largest absolute Gasteiger partial charge is 0.471 e. The summed E-state index contributed by atoms with van der Waals surface area (Å²) in [4.78, 5) is 7.44. The van der Waals surface area contributed by atoms with Crippen LogP contribution >= 0.6 is 0 Å². The molecule has 2 aliphatic rings. The van der Waals surface area contributed by atoms with Crippen LogP contribution in [0.2, 0.25) is 0 Å². The van der Waals surface area contributed by atoms with Gasteiger partial charge in [-0.15, -0.1) is 0 Å². The molecule has 0 saturated heterocycles. The lowest BCUT2D eigenvalue weighted by Gasteiger charge is -2.45. The fraction of sp³-hybridized carbons (Fsp3) is 0.0690. The normalized spacial score (nSPS) is 12.9. The SMILES string of the molecule is CC(C)(C)c1cc2c3c(c1)N(c1ccccc1)c1cc4cocc4cc1B3c1ccc(N(c3ccc(-c4ccccc4)cc3)c3cccc4ccccc34)cc1N2c1ccccc1. The van der Waals surface area contributed by atoms with E-state index in [1.807, 2.05) is 12.5 Å². The Bertz CT molecular complexity index is 3330. The second-order valence-corrected chi connectivity index (χ2v) is 17.9. The average molecular weight is 810 g/mol. The van der Waals surface area contributed by atoms with E-state index in [1.54, 1.807) is 0 Å². The van der Waals surface area contributed by atoms with E-state index in [4.69, 9.17) is 4.42 Å². The van der Waals surface area contributed by atoms with Gasteiger partial charge >= 0.3 is 0 Å². The van der Waals surface area contributed by atoms with Gasteiger partial charge in [-0.2, -0.15) is 0 Å². The van der Waals surface area contributed by atoms with Gasteiger partial charge in [0.05, 0.1) is 18.2 Å². The number of fused-ring (bicyclic) bond motifs is 6. The highest BCUT2D eigenvalue weighted by Gasteiger charge is 2.44. The minimum absolute atomic E-state index is 0.0431. The van der Waals surface area contributed by atoms with Crippen LogP contribution < -0.4 is 31.1 Å². The Morgan fingerprint density at radius 1 is 0.444 bits per heavy atom. The summed E-state index contributed by atoms with van der Waals surface area (Å²) in [6, 6.07) is 73.5. The lowest BCUT2D eigenvalue weighted by atomic mass is 9.33. The Kier molecular flexibility index (Phi) is 8.48. The molecule has 10 aromatic rings. The summed E-state index contributed by atoms with van der Waals surface area (Å²) in [7, 11) is 0. The third-order valence-corrected chi connectivity index (χ3v) is 13.0. The van der Waals surface area contributed by atoms with Gasteiger partial charge in [0.1, 0.15) is 0 Å². The Balaban J connectivity index is 1.14. The van der Waals surface area contributed by atoms with Crippen molar-refractivity contribution in [2.24, 2.45) is 0 Å². The fourth-order valence-electron chi connectivity index (χ4n) is 9.99. The lowest BCUT2D eigenvalue weighted by Crippen LogP contribution is -2.61. The van der Waals surface area contributed by atoms with Gasteiger partial charge in [0.25, 0.3) is 6.71 Å². The van der Waals surface area contributed by atoms with Gasteiger partial charge in [-0.25, -0.2) is 0 Å². The van der Waals surface area contributed by atoms with Crippen molar-refractivity contribution in [3.8, 4) is 11.1 Å². The molecule has 0 amide bonds. The van der Waals surface area contributed by atoms with Crippen LogP contribution in [-0.2, 0) is 5.41 Å². The second-order valence-electron chi connectivity index (χ2n) is 17.9. The van der Waals surface area contributed by atoms with E-state index in [1.165, 1.54) is 60.9 Å². The van der Waals surface area contributed by atoms with Crippen molar-refractivity contribution in [1.82, 2.24) is 0 Å². The minimum atomic E-state index is -0.125. The first-order valence-corrected chi connectivity index (χ1v) is 21.8. The second kappa shape index (κ2) is 14.4. The first-order chi connectivity index (χ1) is 30.9.